The molecule has 1 saturated carbocycles. The number of likely N-dealkylation sites (tertiary alicyclic amines) is 1. The molecule has 0 bridgehead atoms. The smallest absolute Gasteiger partial charge is 0.242 e. The third kappa shape index (κ3) is 3.97. The van der Waals surface area contributed by atoms with E-state index < -0.39 is 16.7 Å². The molecule has 4 rings (SSSR count). The molecule has 0 aromatic heterocycles. The zero-order valence-corrected chi connectivity index (χ0v) is 19.4. The van der Waals surface area contributed by atoms with E-state index in [2.05, 4.69) is 0 Å². The second kappa shape index (κ2) is 7.91. The van der Waals surface area contributed by atoms with Crippen LogP contribution in [0.15, 0.2) is 36.4 Å². The summed E-state index contributed by atoms with van der Waals surface area (Å²) in [6.07, 6.45) is 0.498. The first-order valence-electron chi connectivity index (χ1n) is 11.1. The molecule has 2 aliphatic rings. The van der Waals surface area contributed by atoms with Crippen molar-refractivity contribution in [2.45, 2.75) is 46.5 Å². The Bertz CT molecular complexity index is 1160. The number of carbonyl (C=O) groups excluding carboxylic acids is 3. The minimum absolute atomic E-state index is 0.112. The van der Waals surface area contributed by atoms with E-state index in [4.69, 9.17) is 0 Å². The van der Waals surface area contributed by atoms with Crippen molar-refractivity contribution < 1.29 is 18.8 Å². The van der Waals surface area contributed by atoms with Crippen LogP contribution in [0.3, 0.4) is 0 Å². The van der Waals surface area contributed by atoms with Crippen LogP contribution in [-0.4, -0.2) is 35.5 Å². The van der Waals surface area contributed by atoms with E-state index in [0.29, 0.717) is 13.1 Å². The SMILES string of the molecule is Cc1cc(-c2ccc(F)cc2)cc(C)c1C1C(=O)CC2(CC1=O)CN(C(=O)C(C)(C)C#N)C2. The second-order valence-corrected chi connectivity index (χ2v) is 10.1. The minimum atomic E-state index is -1.12. The van der Waals surface area contributed by atoms with Gasteiger partial charge in [0.25, 0.3) is 0 Å². The molecule has 1 amide bonds. The van der Waals surface area contributed by atoms with Crippen molar-refractivity contribution in [1.82, 2.24) is 4.90 Å². The molecule has 5 nitrogen and oxygen atoms in total. The third-order valence-corrected chi connectivity index (χ3v) is 6.96. The normalized spacial score (nSPS) is 18.2. The molecule has 2 aromatic carbocycles. The molecule has 0 radical (unpaired) electrons. The molecule has 0 unspecified atom stereocenters. The lowest BCUT2D eigenvalue weighted by molar-refractivity contribution is -0.159. The molecule has 33 heavy (non-hydrogen) atoms. The van der Waals surface area contributed by atoms with E-state index in [-0.39, 0.29) is 36.1 Å². The van der Waals surface area contributed by atoms with Gasteiger partial charge in [-0.15, -0.1) is 0 Å². The van der Waals surface area contributed by atoms with E-state index in [1.165, 1.54) is 12.1 Å². The van der Waals surface area contributed by atoms with Gasteiger partial charge in [-0.05, 0) is 67.6 Å². The molecule has 1 aliphatic carbocycles. The van der Waals surface area contributed by atoms with Crippen LogP contribution in [0, 0.1) is 41.8 Å². The number of amides is 1. The molecule has 170 valence electrons. The maximum Gasteiger partial charge on any atom is 0.242 e. The number of benzene rings is 2. The van der Waals surface area contributed by atoms with Crippen LogP contribution in [0.1, 0.15) is 49.3 Å². The van der Waals surface area contributed by atoms with Crippen molar-refractivity contribution in [2.75, 3.05) is 13.1 Å². The van der Waals surface area contributed by atoms with Gasteiger partial charge in [0.1, 0.15) is 28.7 Å². The summed E-state index contributed by atoms with van der Waals surface area (Å²) < 4.78 is 13.3. The summed E-state index contributed by atoms with van der Waals surface area (Å²) >= 11 is 0. The van der Waals surface area contributed by atoms with Gasteiger partial charge in [-0.1, -0.05) is 24.3 Å². The Hall–Kier alpha value is -3.33. The summed E-state index contributed by atoms with van der Waals surface area (Å²) in [6, 6.07) is 12.1. The predicted octanol–water partition coefficient (Wildman–Crippen LogP) is 4.50. The topological polar surface area (TPSA) is 78.2 Å². The van der Waals surface area contributed by atoms with Crippen molar-refractivity contribution in [2.24, 2.45) is 10.8 Å². The van der Waals surface area contributed by atoms with Gasteiger partial charge in [0, 0.05) is 31.3 Å². The van der Waals surface area contributed by atoms with Crippen molar-refractivity contribution in [3.63, 3.8) is 0 Å². The van der Waals surface area contributed by atoms with Crippen LogP contribution >= 0.6 is 0 Å². The van der Waals surface area contributed by atoms with Gasteiger partial charge >= 0.3 is 0 Å². The molecular weight excluding hydrogens is 419 g/mol. The number of nitrogens with zero attached hydrogens (tertiary/aromatic N) is 2. The Kier molecular flexibility index (Phi) is 5.48. The highest BCUT2D eigenvalue weighted by atomic mass is 19.1. The first-order chi connectivity index (χ1) is 15.5. The van der Waals surface area contributed by atoms with Gasteiger partial charge in [-0.25, -0.2) is 4.39 Å². The molecule has 2 fully saturated rings. The molecule has 0 atom stereocenters. The first kappa shape index (κ1) is 22.8. The summed E-state index contributed by atoms with van der Waals surface area (Å²) in [6.45, 7) is 7.62. The molecule has 6 heteroatoms. The number of nitriles is 1. The molecule has 1 spiro atoms. The number of rotatable bonds is 3. The number of Topliss-reactive ketones (excluding diaryl/α,β-unsaturated/α-hetero) is 2. The lowest BCUT2D eigenvalue weighted by Crippen LogP contribution is -2.63. The lowest BCUT2D eigenvalue weighted by atomic mass is 9.62. The second-order valence-electron chi connectivity index (χ2n) is 10.1. The molecule has 0 N–H and O–H groups in total. The molecule has 1 heterocycles. The number of hydrogen-bond acceptors (Lipinski definition) is 4. The van der Waals surface area contributed by atoms with Crippen LogP contribution in [-0.2, 0) is 14.4 Å². The van der Waals surface area contributed by atoms with Crippen LogP contribution in [0.5, 0.6) is 0 Å². The number of carbonyl (C=O) groups is 3. The number of aryl methyl sites for hydroxylation is 2. The number of halogens is 1. The fraction of sp³-hybridized carbons (Fsp3) is 0.407. The van der Waals surface area contributed by atoms with Gasteiger partial charge in [0.15, 0.2) is 0 Å². The Labute approximate surface area is 193 Å². The van der Waals surface area contributed by atoms with Crippen LogP contribution in [0.25, 0.3) is 11.1 Å². The van der Waals surface area contributed by atoms with Crippen molar-refractivity contribution in [3.05, 3.63) is 58.9 Å². The maximum atomic E-state index is 13.3. The molecular formula is C27H27FN2O3. The summed E-state index contributed by atoms with van der Waals surface area (Å²) in [7, 11) is 0. The van der Waals surface area contributed by atoms with Crippen molar-refractivity contribution >= 4 is 17.5 Å². The summed E-state index contributed by atoms with van der Waals surface area (Å²) in [5, 5.41) is 9.21. The molecule has 1 aliphatic heterocycles. The minimum Gasteiger partial charge on any atom is -0.340 e. The average molecular weight is 447 g/mol. The monoisotopic (exact) mass is 446 g/mol. The van der Waals surface area contributed by atoms with E-state index in [1.54, 1.807) is 30.9 Å². The van der Waals surface area contributed by atoms with E-state index in [0.717, 1.165) is 27.8 Å². The maximum absolute atomic E-state index is 13.3. The van der Waals surface area contributed by atoms with Gasteiger partial charge in [0.2, 0.25) is 5.91 Å². The fourth-order valence-electron chi connectivity index (χ4n) is 5.32. The van der Waals surface area contributed by atoms with Gasteiger partial charge in [-0.3, -0.25) is 14.4 Å². The quantitative estimate of drug-likeness (QED) is 0.650. The number of hydrogen-bond donors (Lipinski definition) is 0. The van der Waals surface area contributed by atoms with Gasteiger partial charge < -0.3 is 4.90 Å². The van der Waals surface area contributed by atoms with E-state index in [9.17, 15) is 24.0 Å². The Morgan fingerprint density at radius 2 is 1.55 bits per heavy atom. The Morgan fingerprint density at radius 3 is 2.03 bits per heavy atom. The summed E-state index contributed by atoms with van der Waals surface area (Å²) in [5.41, 5.74) is 2.62. The Balaban J connectivity index is 1.55. The Morgan fingerprint density at radius 1 is 1.03 bits per heavy atom. The standard InChI is InChI=1S/C27H27FN2O3/c1-16-9-19(18-5-7-20(28)8-6-18)10-17(2)23(16)24-21(31)11-27(12-22(24)32)14-30(15-27)25(33)26(3,4)13-29/h5-10,24H,11-12,14-15H2,1-4H3. The van der Waals surface area contributed by atoms with E-state index in [1.807, 2.05) is 32.0 Å². The van der Waals surface area contributed by atoms with Crippen LogP contribution in [0.2, 0.25) is 0 Å². The third-order valence-electron chi connectivity index (χ3n) is 6.96. The zero-order valence-electron chi connectivity index (χ0n) is 19.4. The van der Waals surface area contributed by atoms with E-state index >= 15 is 0 Å². The fourth-order valence-corrected chi connectivity index (χ4v) is 5.32. The van der Waals surface area contributed by atoms with Crippen LogP contribution in [0.4, 0.5) is 4.39 Å². The largest absolute Gasteiger partial charge is 0.340 e. The number of ketones is 2. The predicted molar refractivity (Wildman–Crippen MR) is 122 cm³/mol. The van der Waals surface area contributed by atoms with Crippen LogP contribution < -0.4 is 0 Å². The van der Waals surface area contributed by atoms with Gasteiger partial charge in [-0.2, -0.15) is 5.26 Å². The highest BCUT2D eigenvalue weighted by molar-refractivity contribution is 6.11. The van der Waals surface area contributed by atoms with Crippen molar-refractivity contribution in [3.8, 4) is 17.2 Å². The zero-order chi connectivity index (χ0) is 24.1. The molecule has 2 aromatic rings. The lowest BCUT2D eigenvalue weighted by Gasteiger charge is -2.53. The van der Waals surface area contributed by atoms with Crippen molar-refractivity contribution in [1.29, 1.82) is 5.26 Å². The van der Waals surface area contributed by atoms with Gasteiger partial charge in [0.05, 0.1) is 6.07 Å². The summed E-state index contributed by atoms with van der Waals surface area (Å²) in [4.78, 5) is 40.5. The summed E-state index contributed by atoms with van der Waals surface area (Å²) in [5.74, 6) is -1.58. The average Bonchev–Trinajstić information content (AvgIpc) is 2.73. The molecule has 1 saturated heterocycles. The highest BCUT2D eigenvalue weighted by Gasteiger charge is 2.54. The first-order valence-corrected chi connectivity index (χ1v) is 11.1. The highest BCUT2D eigenvalue weighted by Crippen LogP contribution is 2.47.